The molecular formula is C14H16N2O3S. The zero-order valence-corrected chi connectivity index (χ0v) is 11.9. The predicted octanol–water partition coefficient (Wildman–Crippen LogP) is 1.04. The lowest BCUT2D eigenvalue weighted by Gasteiger charge is -2.17. The maximum Gasteiger partial charge on any atom is 0.240 e. The summed E-state index contributed by atoms with van der Waals surface area (Å²) in [5.41, 5.74) is 0.0862. The third kappa shape index (κ3) is 2.47. The molecule has 0 unspecified atom stereocenters. The van der Waals surface area contributed by atoms with E-state index in [0.29, 0.717) is 6.54 Å². The average molecular weight is 292 g/mol. The fourth-order valence-electron chi connectivity index (χ4n) is 2.51. The maximum absolute atomic E-state index is 11.9. The van der Waals surface area contributed by atoms with Crippen LogP contribution in [0.1, 0.15) is 30.6 Å². The Morgan fingerprint density at radius 3 is 2.55 bits per heavy atom. The zero-order chi connectivity index (χ0) is 14.2. The number of carbonyl (C=O) groups excluding carboxylic acids is 3. The number of hydrogen-bond acceptors (Lipinski definition) is 4. The minimum atomic E-state index is -0.253. The first-order valence-corrected chi connectivity index (χ1v) is 7.63. The number of nitrogens with one attached hydrogen (secondary N) is 1. The molecule has 2 fully saturated rings. The van der Waals surface area contributed by atoms with Gasteiger partial charge in [0.1, 0.15) is 6.54 Å². The molecule has 5 nitrogen and oxygen atoms in total. The largest absolute Gasteiger partial charge is 0.354 e. The number of hydrogen-bond donors (Lipinski definition) is 1. The van der Waals surface area contributed by atoms with E-state index in [2.05, 4.69) is 11.4 Å². The van der Waals surface area contributed by atoms with E-state index in [9.17, 15) is 14.4 Å². The van der Waals surface area contributed by atoms with Crippen molar-refractivity contribution in [2.24, 2.45) is 0 Å². The lowest BCUT2D eigenvalue weighted by molar-refractivity contribution is -0.142. The summed E-state index contributed by atoms with van der Waals surface area (Å²) in [6, 6.07) is 4.11. The number of thiophene rings is 1. The standard InChI is InChI=1S/C14H16N2O3S/c17-11(8-16-12(18)3-4-13(16)19)15-9-14(5-6-14)10-2-1-7-20-10/h1-2,7H,3-6,8-9H2,(H,15,17). The van der Waals surface area contributed by atoms with E-state index < -0.39 is 0 Å². The first kappa shape index (κ1) is 13.3. The van der Waals surface area contributed by atoms with E-state index in [1.165, 1.54) is 4.88 Å². The summed E-state index contributed by atoms with van der Waals surface area (Å²) in [7, 11) is 0. The lowest BCUT2D eigenvalue weighted by atomic mass is 10.1. The molecule has 20 heavy (non-hydrogen) atoms. The van der Waals surface area contributed by atoms with Crippen molar-refractivity contribution < 1.29 is 14.4 Å². The van der Waals surface area contributed by atoms with Crippen LogP contribution >= 0.6 is 11.3 Å². The number of carbonyl (C=O) groups is 3. The molecular weight excluding hydrogens is 276 g/mol. The van der Waals surface area contributed by atoms with Crippen molar-refractivity contribution in [1.29, 1.82) is 0 Å². The van der Waals surface area contributed by atoms with Gasteiger partial charge in [0.05, 0.1) is 0 Å². The highest BCUT2D eigenvalue weighted by Crippen LogP contribution is 2.49. The van der Waals surface area contributed by atoms with Crippen molar-refractivity contribution in [3.63, 3.8) is 0 Å². The number of likely N-dealkylation sites (tertiary alicyclic amines) is 1. The fourth-order valence-corrected chi connectivity index (χ4v) is 3.50. The summed E-state index contributed by atoms with van der Waals surface area (Å²) >= 11 is 1.71. The Balaban J connectivity index is 1.53. The van der Waals surface area contributed by atoms with Crippen molar-refractivity contribution in [2.45, 2.75) is 31.1 Å². The van der Waals surface area contributed by atoms with Gasteiger partial charge in [0.15, 0.2) is 0 Å². The van der Waals surface area contributed by atoms with Crippen LogP contribution in [-0.4, -0.2) is 35.7 Å². The molecule has 1 aromatic rings. The molecule has 2 heterocycles. The first-order chi connectivity index (χ1) is 9.61. The lowest BCUT2D eigenvalue weighted by Crippen LogP contribution is -2.42. The third-order valence-electron chi connectivity index (χ3n) is 3.98. The van der Waals surface area contributed by atoms with E-state index in [4.69, 9.17) is 0 Å². The minimum Gasteiger partial charge on any atom is -0.354 e. The summed E-state index contributed by atoms with van der Waals surface area (Å²) in [6.07, 6.45) is 2.61. The van der Waals surface area contributed by atoms with Crippen LogP contribution in [0, 0.1) is 0 Å². The summed E-state index contributed by atoms with van der Waals surface area (Å²) < 4.78 is 0. The molecule has 0 spiro atoms. The van der Waals surface area contributed by atoms with Crippen LogP contribution < -0.4 is 5.32 Å². The Kier molecular flexibility index (Phi) is 3.33. The van der Waals surface area contributed by atoms with Crippen LogP contribution in [-0.2, 0) is 19.8 Å². The molecule has 1 saturated heterocycles. The van der Waals surface area contributed by atoms with Crippen LogP contribution in [0.3, 0.4) is 0 Å². The Hall–Kier alpha value is -1.69. The fraction of sp³-hybridized carbons (Fsp3) is 0.500. The summed E-state index contributed by atoms with van der Waals surface area (Å²) in [5.74, 6) is -0.745. The molecule has 2 aliphatic rings. The quantitative estimate of drug-likeness (QED) is 0.825. The smallest absolute Gasteiger partial charge is 0.240 e. The van der Waals surface area contributed by atoms with Gasteiger partial charge >= 0.3 is 0 Å². The molecule has 1 aliphatic heterocycles. The van der Waals surface area contributed by atoms with Crippen molar-refractivity contribution in [1.82, 2.24) is 10.2 Å². The van der Waals surface area contributed by atoms with Crippen molar-refractivity contribution in [3.8, 4) is 0 Å². The maximum atomic E-state index is 11.9. The molecule has 1 aliphatic carbocycles. The van der Waals surface area contributed by atoms with Gasteiger partial charge in [-0.15, -0.1) is 11.3 Å². The monoisotopic (exact) mass is 292 g/mol. The summed E-state index contributed by atoms with van der Waals surface area (Å²) in [6.45, 7) is 0.445. The summed E-state index contributed by atoms with van der Waals surface area (Å²) in [4.78, 5) is 37.1. The highest BCUT2D eigenvalue weighted by molar-refractivity contribution is 7.10. The number of rotatable bonds is 5. The minimum absolute atomic E-state index is 0.0862. The van der Waals surface area contributed by atoms with Gasteiger partial charge in [0, 0.05) is 29.7 Å². The molecule has 6 heteroatoms. The van der Waals surface area contributed by atoms with Crippen molar-refractivity contribution in [3.05, 3.63) is 22.4 Å². The second-order valence-corrected chi connectivity index (χ2v) is 6.36. The van der Waals surface area contributed by atoms with Gasteiger partial charge in [-0.05, 0) is 24.3 Å². The van der Waals surface area contributed by atoms with Crippen LogP contribution in [0.2, 0.25) is 0 Å². The Morgan fingerprint density at radius 1 is 1.30 bits per heavy atom. The molecule has 3 rings (SSSR count). The Labute approximate surface area is 121 Å². The highest BCUT2D eigenvalue weighted by Gasteiger charge is 2.45. The van der Waals surface area contributed by atoms with Crippen molar-refractivity contribution >= 4 is 29.1 Å². The Bertz CT molecular complexity index is 533. The molecule has 0 aromatic carbocycles. The molecule has 1 aromatic heterocycles. The topological polar surface area (TPSA) is 66.5 Å². The van der Waals surface area contributed by atoms with Gasteiger partial charge < -0.3 is 5.32 Å². The Morgan fingerprint density at radius 2 is 2.00 bits per heavy atom. The van der Waals surface area contributed by atoms with Crippen LogP contribution in [0.5, 0.6) is 0 Å². The van der Waals surface area contributed by atoms with Crippen molar-refractivity contribution in [2.75, 3.05) is 13.1 Å². The zero-order valence-electron chi connectivity index (χ0n) is 11.1. The third-order valence-corrected chi connectivity index (χ3v) is 5.09. The van der Waals surface area contributed by atoms with Crippen LogP contribution in [0.15, 0.2) is 17.5 Å². The van der Waals surface area contributed by atoms with Gasteiger partial charge in [-0.3, -0.25) is 19.3 Å². The SMILES string of the molecule is O=C(CN1C(=O)CCC1=O)NCC1(c2cccs2)CC1. The second kappa shape index (κ2) is 5.01. The second-order valence-electron chi connectivity index (χ2n) is 5.41. The molecule has 0 atom stereocenters. The number of amides is 3. The van der Waals surface area contributed by atoms with E-state index in [1.807, 2.05) is 11.4 Å². The molecule has 0 bridgehead atoms. The molecule has 3 amide bonds. The molecule has 106 valence electrons. The predicted molar refractivity (Wildman–Crippen MR) is 74.2 cm³/mol. The van der Waals surface area contributed by atoms with Gasteiger partial charge in [-0.1, -0.05) is 6.07 Å². The van der Waals surface area contributed by atoms with Crippen LogP contribution in [0.25, 0.3) is 0 Å². The van der Waals surface area contributed by atoms with Gasteiger partial charge in [-0.25, -0.2) is 0 Å². The molecule has 0 radical (unpaired) electrons. The van der Waals surface area contributed by atoms with Gasteiger partial charge in [0.25, 0.3) is 0 Å². The summed E-state index contributed by atoms with van der Waals surface area (Å²) in [5, 5.41) is 4.90. The average Bonchev–Trinajstić information content (AvgIpc) is 2.88. The first-order valence-electron chi connectivity index (χ1n) is 6.75. The van der Waals surface area contributed by atoms with Crippen LogP contribution in [0.4, 0.5) is 0 Å². The van der Waals surface area contributed by atoms with E-state index in [1.54, 1.807) is 11.3 Å². The van der Waals surface area contributed by atoms with E-state index in [0.717, 1.165) is 17.7 Å². The van der Waals surface area contributed by atoms with E-state index >= 15 is 0 Å². The normalized spacial score (nSPS) is 20.3. The highest BCUT2D eigenvalue weighted by atomic mass is 32.1. The molecule has 1 saturated carbocycles. The number of nitrogens with zero attached hydrogens (tertiary/aromatic N) is 1. The molecule has 1 N–H and O–H groups in total. The number of imide groups is 1. The van der Waals surface area contributed by atoms with E-state index in [-0.39, 0.29) is 42.5 Å². The van der Waals surface area contributed by atoms with Gasteiger partial charge in [-0.2, -0.15) is 0 Å². The van der Waals surface area contributed by atoms with Gasteiger partial charge in [0.2, 0.25) is 17.7 Å².